The van der Waals surface area contributed by atoms with Crippen LogP contribution in [0.1, 0.15) is 64.4 Å². The van der Waals surface area contributed by atoms with Gasteiger partial charge >= 0.3 is 0 Å². The van der Waals surface area contributed by atoms with Crippen LogP contribution in [-0.2, 0) is 11.2 Å². The number of allylic oxidation sites excluding steroid dienone is 2. The van der Waals surface area contributed by atoms with E-state index in [1.54, 1.807) is 12.1 Å². The molecule has 0 amide bonds. The number of ether oxygens (including phenoxy) is 1. The van der Waals surface area contributed by atoms with Crippen LogP contribution in [0.5, 0.6) is 11.5 Å². The Morgan fingerprint density at radius 2 is 1.87 bits per heavy atom. The summed E-state index contributed by atoms with van der Waals surface area (Å²) in [5.41, 5.74) is 2.40. The van der Waals surface area contributed by atoms with Crippen molar-refractivity contribution in [2.75, 3.05) is 7.11 Å². The molecular weight excluding hydrogens is 288 g/mol. The van der Waals surface area contributed by atoms with Crippen LogP contribution >= 0.6 is 0 Å². The number of hydrogen-bond donors (Lipinski definition) is 1. The highest BCUT2D eigenvalue weighted by Gasteiger charge is 2.06. The molecule has 3 nitrogen and oxygen atoms in total. The predicted molar refractivity (Wildman–Crippen MR) is 95.1 cm³/mol. The number of aromatic hydroxyl groups is 1. The molecule has 23 heavy (non-hydrogen) atoms. The van der Waals surface area contributed by atoms with E-state index in [1.807, 2.05) is 6.07 Å². The lowest BCUT2D eigenvalue weighted by atomic mass is 10.0. The summed E-state index contributed by atoms with van der Waals surface area (Å²) in [4.78, 5) is 11.9. The van der Waals surface area contributed by atoms with Gasteiger partial charge in [0.15, 0.2) is 11.5 Å². The highest BCUT2D eigenvalue weighted by Crippen LogP contribution is 2.26. The third-order valence-corrected chi connectivity index (χ3v) is 3.90. The van der Waals surface area contributed by atoms with E-state index in [0.717, 1.165) is 24.8 Å². The molecule has 128 valence electrons. The van der Waals surface area contributed by atoms with Crippen molar-refractivity contribution in [3.05, 3.63) is 35.4 Å². The number of methoxy groups -OCH3 is 1. The lowest BCUT2D eigenvalue weighted by Crippen LogP contribution is -2.00. The smallest absolute Gasteiger partial charge is 0.160 e. The molecule has 1 aromatic rings. The van der Waals surface area contributed by atoms with E-state index in [9.17, 15) is 9.90 Å². The van der Waals surface area contributed by atoms with Crippen molar-refractivity contribution >= 4 is 5.78 Å². The molecule has 0 bridgehead atoms. The van der Waals surface area contributed by atoms with Gasteiger partial charge in [-0.15, -0.1) is 0 Å². The van der Waals surface area contributed by atoms with Gasteiger partial charge in [0, 0.05) is 12.8 Å². The van der Waals surface area contributed by atoms with Crippen LogP contribution < -0.4 is 4.74 Å². The van der Waals surface area contributed by atoms with Gasteiger partial charge in [0.25, 0.3) is 0 Å². The third-order valence-electron chi connectivity index (χ3n) is 3.90. The van der Waals surface area contributed by atoms with Gasteiger partial charge in [-0.3, -0.25) is 4.79 Å². The van der Waals surface area contributed by atoms with Gasteiger partial charge in [-0.25, -0.2) is 0 Å². The molecule has 0 aromatic heterocycles. The molecule has 1 rings (SSSR count). The summed E-state index contributed by atoms with van der Waals surface area (Å²) in [6, 6.07) is 5.26. The topological polar surface area (TPSA) is 46.5 Å². The summed E-state index contributed by atoms with van der Waals surface area (Å²) in [5.74, 6) is 0.920. The lowest BCUT2D eigenvalue weighted by molar-refractivity contribution is -0.119. The Hall–Kier alpha value is -1.77. The number of phenolic OH excluding ortho intramolecular Hbond substituents is 1. The van der Waals surface area contributed by atoms with E-state index >= 15 is 0 Å². The summed E-state index contributed by atoms with van der Waals surface area (Å²) in [6.45, 7) is 4.25. The van der Waals surface area contributed by atoms with Crippen molar-refractivity contribution in [3.63, 3.8) is 0 Å². The van der Waals surface area contributed by atoms with Crippen LogP contribution in [0.4, 0.5) is 0 Å². The van der Waals surface area contributed by atoms with Crippen molar-refractivity contribution in [2.24, 2.45) is 0 Å². The minimum absolute atomic E-state index is 0.135. The second-order valence-electron chi connectivity index (χ2n) is 6.28. The molecular formula is C20H30O3. The Labute approximate surface area is 140 Å². The zero-order valence-electron chi connectivity index (χ0n) is 14.7. The fraction of sp³-hybridized carbons (Fsp3) is 0.550. The van der Waals surface area contributed by atoms with Crippen molar-refractivity contribution in [3.8, 4) is 11.5 Å². The molecule has 0 aliphatic rings. The molecule has 0 saturated carbocycles. The SMILES string of the molecule is COc1cc(CCC(=O)CCCCCCC=C(C)C)ccc1O. The molecule has 0 spiro atoms. The quantitative estimate of drug-likeness (QED) is 0.450. The van der Waals surface area contributed by atoms with Crippen molar-refractivity contribution in [1.29, 1.82) is 0 Å². The number of ketones is 1. The minimum Gasteiger partial charge on any atom is -0.504 e. The maximum atomic E-state index is 11.9. The molecule has 0 radical (unpaired) electrons. The number of hydrogen-bond acceptors (Lipinski definition) is 3. The third kappa shape index (κ3) is 8.44. The number of benzene rings is 1. The van der Waals surface area contributed by atoms with Crippen LogP contribution in [-0.4, -0.2) is 18.0 Å². The van der Waals surface area contributed by atoms with Crippen molar-refractivity contribution in [2.45, 2.75) is 65.2 Å². The van der Waals surface area contributed by atoms with Crippen LogP contribution in [0.25, 0.3) is 0 Å². The van der Waals surface area contributed by atoms with E-state index in [4.69, 9.17) is 4.74 Å². The number of aryl methyl sites for hydroxylation is 1. The monoisotopic (exact) mass is 318 g/mol. The fourth-order valence-corrected chi connectivity index (χ4v) is 2.50. The first kappa shape index (κ1) is 19.3. The zero-order chi connectivity index (χ0) is 17.1. The number of rotatable bonds is 11. The number of carbonyl (C=O) groups excluding carboxylic acids is 1. The summed E-state index contributed by atoms with van der Waals surface area (Å²) in [5, 5.41) is 9.55. The molecule has 0 aliphatic carbocycles. The largest absolute Gasteiger partial charge is 0.504 e. The molecule has 0 atom stereocenters. The van der Waals surface area contributed by atoms with E-state index < -0.39 is 0 Å². The van der Waals surface area contributed by atoms with Gasteiger partial charge in [-0.2, -0.15) is 0 Å². The number of carbonyl (C=O) groups is 1. The number of Topliss-reactive ketones (excluding diaryl/α,β-unsaturated/α-hetero) is 1. The Balaban J connectivity index is 2.16. The van der Waals surface area contributed by atoms with E-state index in [2.05, 4.69) is 19.9 Å². The average Bonchev–Trinajstić information content (AvgIpc) is 2.52. The zero-order valence-corrected chi connectivity index (χ0v) is 14.7. The standard InChI is InChI=1S/C20H30O3/c1-16(2)9-7-5-4-6-8-10-18(21)13-11-17-12-14-19(22)20(15-17)23-3/h9,12,14-15,22H,4-8,10-11,13H2,1-3H3. The minimum atomic E-state index is 0.135. The normalized spacial score (nSPS) is 10.4. The van der Waals surface area contributed by atoms with Gasteiger partial charge in [0.1, 0.15) is 5.78 Å². The molecule has 1 aromatic carbocycles. The van der Waals surface area contributed by atoms with Crippen molar-refractivity contribution in [1.82, 2.24) is 0 Å². The van der Waals surface area contributed by atoms with Crippen molar-refractivity contribution < 1.29 is 14.6 Å². The second-order valence-corrected chi connectivity index (χ2v) is 6.28. The van der Waals surface area contributed by atoms with Crippen LogP contribution in [0, 0.1) is 0 Å². The molecule has 1 N–H and O–H groups in total. The highest BCUT2D eigenvalue weighted by molar-refractivity contribution is 5.78. The molecule has 0 unspecified atom stereocenters. The fourth-order valence-electron chi connectivity index (χ4n) is 2.50. The van der Waals surface area contributed by atoms with E-state index in [1.165, 1.54) is 25.5 Å². The lowest BCUT2D eigenvalue weighted by Gasteiger charge is -2.06. The first-order valence-corrected chi connectivity index (χ1v) is 8.54. The number of phenols is 1. The summed E-state index contributed by atoms with van der Waals surface area (Å²) in [7, 11) is 1.53. The summed E-state index contributed by atoms with van der Waals surface area (Å²) in [6.07, 6.45) is 9.91. The van der Waals surface area contributed by atoms with Crippen LogP contribution in [0.2, 0.25) is 0 Å². The van der Waals surface area contributed by atoms with E-state index in [0.29, 0.717) is 30.8 Å². The molecule has 0 fully saturated rings. The van der Waals surface area contributed by atoms with Gasteiger partial charge in [-0.1, -0.05) is 30.6 Å². The predicted octanol–water partition coefficient (Wildman–Crippen LogP) is 5.21. The van der Waals surface area contributed by atoms with Gasteiger partial charge in [0.2, 0.25) is 0 Å². The molecule has 0 heterocycles. The summed E-state index contributed by atoms with van der Waals surface area (Å²) >= 11 is 0. The first-order chi connectivity index (χ1) is 11.0. The van der Waals surface area contributed by atoms with Gasteiger partial charge in [0.05, 0.1) is 7.11 Å². The molecule has 0 aliphatic heterocycles. The first-order valence-electron chi connectivity index (χ1n) is 8.54. The summed E-state index contributed by atoms with van der Waals surface area (Å²) < 4.78 is 5.08. The Morgan fingerprint density at radius 1 is 1.13 bits per heavy atom. The maximum absolute atomic E-state index is 11.9. The maximum Gasteiger partial charge on any atom is 0.160 e. The van der Waals surface area contributed by atoms with Gasteiger partial charge < -0.3 is 9.84 Å². The Morgan fingerprint density at radius 3 is 2.57 bits per heavy atom. The highest BCUT2D eigenvalue weighted by atomic mass is 16.5. The van der Waals surface area contributed by atoms with Gasteiger partial charge in [-0.05, 0) is 57.2 Å². The second kappa shape index (κ2) is 10.9. The number of unbranched alkanes of at least 4 members (excludes halogenated alkanes) is 4. The van der Waals surface area contributed by atoms with E-state index in [-0.39, 0.29) is 5.75 Å². The van der Waals surface area contributed by atoms with Crippen LogP contribution in [0.3, 0.4) is 0 Å². The Kier molecular flexibility index (Phi) is 9.11. The Bertz CT molecular complexity index is 514. The average molecular weight is 318 g/mol. The van der Waals surface area contributed by atoms with Crippen LogP contribution in [0.15, 0.2) is 29.8 Å². The molecule has 3 heteroatoms. The molecule has 0 saturated heterocycles.